The third kappa shape index (κ3) is 6.58. The molecule has 35 heavy (non-hydrogen) atoms. The Labute approximate surface area is 209 Å². The highest BCUT2D eigenvalue weighted by Gasteiger charge is 2.05. The molecule has 0 radical (unpaired) electrons. The second-order valence-electron chi connectivity index (χ2n) is 9.65. The van der Waals surface area contributed by atoms with Crippen molar-refractivity contribution in [1.29, 1.82) is 0 Å². The van der Waals surface area contributed by atoms with Gasteiger partial charge in [-0.05, 0) is 77.1 Å². The van der Waals surface area contributed by atoms with E-state index < -0.39 is 0 Å². The molecule has 0 saturated heterocycles. The molecule has 5 aromatic carbocycles. The maximum Gasteiger partial charge on any atom is -0.00255 e. The number of aryl methyl sites for hydroxylation is 1. The maximum absolute atomic E-state index is 2.39. The molecule has 0 aliphatic heterocycles. The molecule has 172 valence electrons. The average molecular weight is 453 g/mol. The number of benzene rings is 5. The van der Waals surface area contributed by atoms with E-state index in [2.05, 4.69) is 134 Å². The van der Waals surface area contributed by atoms with Crippen molar-refractivity contribution in [3.05, 3.63) is 177 Å². The zero-order valence-electron chi connectivity index (χ0n) is 20.5. The van der Waals surface area contributed by atoms with Gasteiger partial charge in [-0.2, -0.15) is 0 Å². The molecule has 0 aliphatic carbocycles. The van der Waals surface area contributed by atoms with Crippen LogP contribution in [0.2, 0.25) is 0 Å². The predicted molar refractivity (Wildman–Crippen MR) is 148 cm³/mol. The van der Waals surface area contributed by atoms with Gasteiger partial charge in [0.05, 0.1) is 0 Å². The summed E-state index contributed by atoms with van der Waals surface area (Å²) >= 11 is 0. The Hall–Kier alpha value is -3.90. The van der Waals surface area contributed by atoms with E-state index in [9.17, 15) is 0 Å². The highest BCUT2D eigenvalue weighted by molar-refractivity contribution is 5.39. The molecule has 0 saturated carbocycles. The van der Waals surface area contributed by atoms with Crippen molar-refractivity contribution in [2.75, 3.05) is 0 Å². The minimum Gasteiger partial charge on any atom is -0.0622 e. The van der Waals surface area contributed by atoms with E-state index in [1.165, 1.54) is 50.1 Å². The van der Waals surface area contributed by atoms with Crippen LogP contribution in [0.4, 0.5) is 0 Å². The van der Waals surface area contributed by atoms with Gasteiger partial charge in [-0.1, -0.05) is 133 Å². The topological polar surface area (TPSA) is 0 Å². The van der Waals surface area contributed by atoms with Crippen molar-refractivity contribution in [2.24, 2.45) is 0 Å². The lowest BCUT2D eigenvalue weighted by Gasteiger charge is -2.11. The number of hydrogen-bond donors (Lipinski definition) is 0. The monoisotopic (exact) mass is 452 g/mol. The fourth-order valence-electron chi connectivity index (χ4n) is 4.99. The van der Waals surface area contributed by atoms with E-state index in [0.717, 1.165) is 25.7 Å². The molecule has 0 aromatic heterocycles. The number of hydrogen-bond acceptors (Lipinski definition) is 0. The summed E-state index contributed by atoms with van der Waals surface area (Å²) in [5, 5.41) is 0. The first-order valence-electron chi connectivity index (χ1n) is 12.5. The van der Waals surface area contributed by atoms with E-state index in [4.69, 9.17) is 0 Å². The lowest BCUT2D eigenvalue weighted by atomic mass is 9.94. The summed E-state index contributed by atoms with van der Waals surface area (Å²) in [4.78, 5) is 0. The first kappa shape index (κ1) is 22.9. The Morgan fingerprint density at radius 2 is 0.629 bits per heavy atom. The molecule has 0 unspecified atom stereocenters. The van der Waals surface area contributed by atoms with Crippen LogP contribution in [0.3, 0.4) is 0 Å². The molecular weight excluding hydrogens is 420 g/mol. The van der Waals surface area contributed by atoms with Gasteiger partial charge in [-0.15, -0.1) is 0 Å². The van der Waals surface area contributed by atoms with Gasteiger partial charge in [0, 0.05) is 0 Å². The Morgan fingerprint density at radius 3 is 1.03 bits per heavy atom. The van der Waals surface area contributed by atoms with Crippen molar-refractivity contribution in [3.8, 4) is 0 Å². The molecule has 0 fully saturated rings. The molecule has 0 bridgehead atoms. The largest absolute Gasteiger partial charge is 0.0622 e. The van der Waals surface area contributed by atoms with Gasteiger partial charge in [0.1, 0.15) is 0 Å². The Bertz CT molecular complexity index is 1280. The third-order valence-electron chi connectivity index (χ3n) is 6.50. The summed E-state index contributed by atoms with van der Waals surface area (Å²) in [6, 6.07) is 46.6. The van der Waals surface area contributed by atoms with Crippen LogP contribution in [-0.4, -0.2) is 0 Å². The van der Waals surface area contributed by atoms with Crippen LogP contribution in [0.25, 0.3) is 0 Å². The summed E-state index contributed by atoms with van der Waals surface area (Å²) in [7, 11) is 0. The second kappa shape index (κ2) is 11.0. The van der Waals surface area contributed by atoms with E-state index in [1.807, 2.05) is 0 Å². The van der Waals surface area contributed by atoms with Crippen molar-refractivity contribution in [3.63, 3.8) is 0 Å². The maximum atomic E-state index is 2.39. The summed E-state index contributed by atoms with van der Waals surface area (Å²) in [5.41, 5.74) is 12.3. The SMILES string of the molecule is Cc1cc(Cc2cccc(Cc3ccccc3)c2)cc(Cc2cccc(Cc3ccccc3)c2)c1. The molecule has 0 atom stereocenters. The fourth-order valence-corrected chi connectivity index (χ4v) is 4.99. The molecule has 0 N–H and O–H groups in total. The van der Waals surface area contributed by atoms with E-state index in [-0.39, 0.29) is 0 Å². The minimum atomic E-state index is 0.964. The molecule has 0 heterocycles. The van der Waals surface area contributed by atoms with Crippen LogP contribution in [-0.2, 0) is 25.7 Å². The zero-order valence-corrected chi connectivity index (χ0v) is 20.5. The Morgan fingerprint density at radius 1 is 0.314 bits per heavy atom. The molecule has 0 nitrogen and oxygen atoms in total. The Kier molecular flexibility index (Phi) is 7.20. The Balaban J connectivity index is 1.30. The quantitative estimate of drug-likeness (QED) is 0.222. The summed E-state index contributed by atoms with van der Waals surface area (Å²) in [6.07, 6.45) is 3.89. The lowest BCUT2D eigenvalue weighted by Crippen LogP contribution is -1.96. The highest BCUT2D eigenvalue weighted by Crippen LogP contribution is 2.20. The smallest absolute Gasteiger partial charge is 0.00255 e. The van der Waals surface area contributed by atoms with Gasteiger partial charge in [0.25, 0.3) is 0 Å². The molecule has 5 rings (SSSR count). The van der Waals surface area contributed by atoms with E-state index in [1.54, 1.807) is 0 Å². The summed E-state index contributed by atoms with van der Waals surface area (Å²) < 4.78 is 0. The highest BCUT2D eigenvalue weighted by atomic mass is 14.1. The minimum absolute atomic E-state index is 0.964. The van der Waals surface area contributed by atoms with Gasteiger partial charge in [-0.25, -0.2) is 0 Å². The third-order valence-corrected chi connectivity index (χ3v) is 6.50. The first-order chi connectivity index (χ1) is 17.2. The fraction of sp³-hybridized carbons (Fsp3) is 0.143. The molecule has 0 spiro atoms. The van der Waals surface area contributed by atoms with Gasteiger partial charge < -0.3 is 0 Å². The molecule has 0 heteroatoms. The molecular formula is C35H32. The van der Waals surface area contributed by atoms with Gasteiger partial charge in [0.15, 0.2) is 0 Å². The summed E-state index contributed by atoms with van der Waals surface area (Å²) in [5.74, 6) is 0. The van der Waals surface area contributed by atoms with Crippen molar-refractivity contribution in [2.45, 2.75) is 32.6 Å². The van der Waals surface area contributed by atoms with Crippen LogP contribution in [0.1, 0.15) is 50.1 Å². The summed E-state index contributed by atoms with van der Waals surface area (Å²) in [6.45, 7) is 2.21. The van der Waals surface area contributed by atoms with Crippen LogP contribution in [0.5, 0.6) is 0 Å². The van der Waals surface area contributed by atoms with E-state index >= 15 is 0 Å². The number of rotatable bonds is 8. The first-order valence-corrected chi connectivity index (χ1v) is 12.5. The van der Waals surface area contributed by atoms with Gasteiger partial charge in [0.2, 0.25) is 0 Å². The van der Waals surface area contributed by atoms with Crippen LogP contribution in [0, 0.1) is 6.92 Å². The van der Waals surface area contributed by atoms with Crippen molar-refractivity contribution < 1.29 is 0 Å². The molecule has 0 amide bonds. The van der Waals surface area contributed by atoms with Gasteiger partial charge in [-0.3, -0.25) is 0 Å². The van der Waals surface area contributed by atoms with Crippen LogP contribution < -0.4 is 0 Å². The van der Waals surface area contributed by atoms with Crippen LogP contribution >= 0.6 is 0 Å². The molecule has 5 aromatic rings. The zero-order chi connectivity index (χ0) is 23.9. The lowest BCUT2D eigenvalue weighted by molar-refractivity contribution is 1.10. The van der Waals surface area contributed by atoms with Gasteiger partial charge >= 0.3 is 0 Å². The predicted octanol–water partition coefficient (Wildman–Crippen LogP) is 8.36. The van der Waals surface area contributed by atoms with Crippen molar-refractivity contribution >= 4 is 0 Å². The second-order valence-corrected chi connectivity index (χ2v) is 9.65. The molecule has 0 aliphatic rings. The van der Waals surface area contributed by atoms with Crippen molar-refractivity contribution in [1.82, 2.24) is 0 Å². The van der Waals surface area contributed by atoms with Crippen LogP contribution in [0.15, 0.2) is 127 Å². The van der Waals surface area contributed by atoms with E-state index in [0.29, 0.717) is 0 Å². The standard InChI is InChI=1S/C35H32/c1-27-18-34(24-32-16-8-14-30(22-32)20-28-10-4-2-5-11-28)26-35(19-27)25-33-17-9-15-31(23-33)21-29-12-6-3-7-13-29/h2-19,22-23,26H,20-21,24-25H2,1H3. The normalized spacial score (nSPS) is 10.9. The average Bonchev–Trinajstić information content (AvgIpc) is 2.85.